The minimum atomic E-state index is -7.66. The molecule has 0 aromatic heterocycles. The van der Waals surface area contributed by atoms with Gasteiger partial charge in [-0.1, -0.05) is 0 Å². The van der Waals surface area contributed by atoms with Crippen molar-refractivity contribution in [3.63, 3.8) is 0 Å². The van der Waals surface area contributed by atoms with Crippen molar-refractivity contribution in [1.82, 2.24) is 0 Å². The third-order valence-electron chi connectivity index (χ3n) is 4.48. The minimum Gasteiger partial charge on any atom is -0.200 e. The molecule has 188 valence electrons. The van der Waals surface area contributed by atoms with Gasteiger partial charge in [0.15, 0.2) is 0 Å². The molecule has 0 bridgehead atoms. The predicted octanol–water partition coefficient (Wildman–Crippen LogP) is 5.95. The summed E-state index contributed by atoms with van der Waals surface area (Å²) in [4.78, 5) is 0. The van der Waals surface area contributed by atoms with Gasteiger partial charge in [-0.2, -0.15) is 26.3 Å². The van der Waals surface area contributed by atoms with Gasteiger partial charge in [-0.25, -0.2) is 39.5 Å². The Morgan fingerprint density at radius 3 is 0.486 bits per heavy atom. The SMILES string of the molecule is Fc1c(F)c(F)c([P+](F)(c2c(F)c(F)c(F)c(F)c2F)c2c(F)c(F)c(F)c(F)c2F)c(F)c1F. The van der Waals surface area contributed by atoms with Crippen LogP contribution in [0.4, 0.5) is 70.1 Å². The van der Waals surface area contributed by atoms with E-state index in [9.17, 15) is 65.9 Å². The second kappa shape index (κ2) is 8.57. The molecule has 3 rings (SSSR count). The summed E-state index contributed by atoms with van der Waals surface area (Å²) in [5.74, 6) is -49.0. The van der Waals surface area contributed by atoms with Crippen molar-refractivity contribution < 1.29 is 70.1 Å². The standard InChI is InChI=1S/C18F16P/c19-1-4(22)10(28)16(11(29)5(1)23)35(34,17-12(30)6(24)2(20)7(25)13(17)31)18-14(32)8(26)3(21)9(27)15(18)33/q+1. The van der Waals surface area contributed by atoms with Crippen LogP contribution in [0, 0.1) is 87.3 Å². The average Bonchev–Trinajstić information content (AvgIpc) is 2.81. The molecule has 0 fully saturated rings. The van der Waals surface area contributed by atoms with Gasteiger partial charge in [0, 0.05) is 0 Å². The molecule has 0 aliphatic rings. The normalized spacial score (nSPS) is 12.0. The first-order chi connectivity index (χ1) is 16.0. The Hall–Kier alpha value is -3.03. The largest absolute Gasteiger partial charge is 0.317 e. The molecule has 0 saturated carbocycles. The molecule has 0 N–H and O–H groups in total. The zero-order valence-corrected chi connectivity index (χ0v) is 16.4. The van der Waals surface area contributed by atoms with Crippen LogP contribution in [0.15, 0.2) is 0 Å². The average molecular weight is 551 g/mol. The van der Waals surface area contributed by atoms with Crippen LogP contribution in [-0.4, -0.2) is 0 Å². The number of halogens is 16. The molecule has 35 heavy (non-hydrogen) atoms. The molecule has 0 saturated heterocycles. The van der Waals surface area contributed by atoms with Gasteiger partial charge in [-0.05, 0) is 4.20 Å². The fraction of sp³-hybridized carbons (Fsp3) is 0. The van der Waals surface area contributed by atoms with E-state index in [4.69, 9.17) is 0 Å². The summed E-state index contributed by atoms with van der Waals surface area (Å²) in [6.07, 6.45) is 0. The smallest absolute Gasteiger partial charge is 0.200 e. The zero-order chi connectivity index (χ0) is 26.9. The maximum atomic E-state index is 16.3. The summed E-state index contributed by atoms with van der Waals surface area (Å²) in [6.45, 7) is 0. The van der Waals surface area contributed by atoms with Gasteiger partial charge in [-0.3, -0.25) is 0 Å². The van der Waals surface area contributed by atoms with E-state index in [2.05, 4.69) is 0 Å². The Morgan fingerprint density at radius 2 is 0.343 bits per heavy atom. The summed E-state index contributed by atoms with van der Waals surface area (Å²) >= 11 is 0. The lowest BCUT2D eigenvalue weighted by Crippen LogP contribution is -2.41. The zero-order valence-electron chi connectivity index (χ0n) is 15.5. The third kappa shape index (κ3) is 3.44. The first-order valence-corrected chi connectivity index (χ1v) is 9.85. The molecule has 0 aliphatic carbocycles. The molecule has 0 radical (unpaired) electrons. The Balaban J connectivity index is 2.78. The van der Waals surface area contributed by atoms with Gasteiger partial charge >= 0.3 is 7.57 Å². The maximum Gasteiger partial charge on any atom is 0.317 e. The molecule has 0 heterocycles. The van der Waals surface area contributed by atoms with E-state index >= 15 is 4.20 Å². The fourth-order valence-electron chi connectivity index (χ4n) is 2.93. The Kier molecular flexibility index (Phi) is 6.51. The van der Waals surface area contributed by atoms with Crippen molar-refractivity contribution in [1.29, 1.82) is 0 Å². The van der Waals surface area contributed by atoms with E-state index in [0.29, 0.717) is 0 Å². The topological polar surface area (TPSA) is 0 Å². The number of rotatable bonds is 3. The second-order valence-corrected chi connectivity index (χ2v) is 8.86. The monoisotopic (exact) mass is 551 g/mol. The number of benzene rings is 3. The Bertz CT molecular complexity index is 1160. The van der Waals surface area contributed by atoms with Crippen LogP contribution in [0.5, 0.6) is 0 Å². The summed E-state index contributed by atoms with van der Waals surface area (Å²) in [6, 6.07) is 0. The van der Waals surface area contributed by atoms with E-state index in [0.717, 1.165) is 0 Å². The molecule has 0 atom stereocenters. The molecular weight excluding hydrogens is 551 g/mol. The van der Waals surface area contributed by atoms with Gasteiger partial charge in [0.25, 0.3) is 0 Å². The van der Waals surface area contributed by atoms with Crippen molar-refractivity contribution >= 4 is 23.5 Å². The maximum absolute atomic E-state index is 16.3. The summed E-state index contributed by atoms with van der Waals surface area (Å²) in [5, 5.41) is -9.75. The quantitative estimate of drug-likeness (QED) is 0.164. The van der Waals surface area contributed by atoms with Crippen LogP contribution >= 0.6 is 7.57 Å². The second-order valence-electron chi connectivity index (χ2n) is 6.34. The lowest BCUT2D eigenvalue weighted by molar-refractivity contribution is 0.380. The van der Waals surface area contributed by atoms with Crippen LogP contribution < -0.4 is 15.9 Å². The van der Waals surface area contributed by atoms with Crippen molar-refractivity contribution in [3.05, 3.63) is 87.3 Å². The Labute approximate surface area is 181 Å². The molecule has 0 spiro atoms. The first-order valence-electron chi connectivity index (χ1n) is 8.17. The third-order valence-corrected chi connectivity index (χ3v) is 7.51. The van der Waals surface area contributed by atoms with Crippen molar-refractivity contribution in [3.8, 4) is 0 Å². The van der Waals surface area contributed by atoms with Crippen LogP contribution in [0.2, 0.25) is 0 Å². The molecule has 3 aromatic carbocycles. The van der Waals surface area contributed by atoms with E-state index in [-0.39, 0.29) is 0 Å². The molecule has 17 heteroatoms. The number of hydrogen-bond acceptors (Lipinski definition) is 0. The van der Waals surface area contributed by atoms with E-state index < -0.39 is 111 Å². The van der Waals surface area contributed by atoms with Gasteiger partial charge in [0.2, 0.25) is 103 Å². The highest BCUT2D eigenvalue weighted by molar-refractivity contribution is 7.91. The van der Waals surface area contributed by atoms with Gasteiger partial charge < -0.3 is 0 Å². The summed E-state index contributed by atoms with van der Waals surface area (Å²) < 4.78 is 225. The van der Waals surface area contributed by atoms with Crippen LogP contribution in [-0.2, 0) is 0 Å². The van der Waals surface area contributed by atoms with Crippen LogP contribution in [0.1, 0.15) is 0 Å². The minimum absolute atomic E-state index is 3.09. The van der Waals surface area contributed by atoms with Crippen molar-refractivity contribution in [2.75, 3.05) is 0 Å². The highest BCUT2D eigenvalue weighted by Crippen LogP contribution is 2.61. The first kappa shape index (κ1) is 26.6. The van der Waals surface area contributed by atoms with Gasteiger partial charge in [-0.15, -0.1) is 0 Å². The Morgan fingerprint density at radius 1 is 0.229 bits per heavy atom. The molecule has 3 aromatic rings. The van der Waals surface area contributed by atoms with Crippen molar-refractivity contribution in [2.24, 2.45) is 0 Å². The lowest BCUT2D eigenvalue weighted by Gasteiger charge is -2.21. The molecule has 0 amide bonds. The molecule has 0 unspecified atom stereocenters. The molecular formula is C18F16P+. The number of hydrogen-bond donors (Lipinski definition) is 0. The van der Waals surface area contributed by atoms with Crippen molar-refractivity contribution in [2.45, 2.75) is 0 Å². The molecule has 0 aliphatic heterocycles. The van der Waals surface area contributed by atoms with Gasteiger partial charge in [0.05, 0.1) is 0 Å². The highest BCUT2D eigenvalue weighted by atomic mass is 31.2. The van der Waals surface area contributed by atoms with E-state index in [1.807, 2.05) is 0 Å². The summed E-state index contributed by atoms with van der Waals surface area (Å²) in [5.41, 5.74) is 0. The van der Waals surface area contributed by atoms with Gasteiger partial charge in [0.1, 0.15) is 0 Å². The van der Waals surface area contributed by atoms with E-state index in [1.54, 1.807) is 0 Å². The predicted molar refractivity (Wildman–Crippen MR) is 85.6 cm³/mol. The molecule has 0 nitrogen and oxygen atoms in total. The summed E-state index contributed by atoms with van der Waals surface area (Å²) in [7, 11) is -7.66. The lowest BCUT2D eigenvalue weighted by atomic mass is 10.3. The highest BCUT2D eigenvalue weighted by Gasteiger charge is 2.63. The fourth-order valence-corrected chi connectivity index (χ4v) is 5.81. The van der Waals surface area contributed by atoms with E-state index in [1.165, 1.54) is 0 Å². The van der Waals surface area contributed by atoms with Crippen LogP contribution in [0.25, 0.3) is 0 Å². The van der Waals surface area contributed by atoms with Crippen LogP contribution in [0.3, 0.4) is 0 Å².